The average Bonchev–Trinajstić information content (AvgIpc) is 2.47. The minimum absolute atomic E-state index is 0.141. The molecule has 1 saturated carbocycles. The number of hydrogen-bond donors (Lipinski definition) is 3. The normalized spacial score (nSPS) is 22.1. The van der Waals surface area contributed by atoms with E-state index >= 15 is 0 Å². The van der Waals surface area contributed by atoms with Crippen LogP contribution in [0.1, 0.15) is 18.4 Å². The van der Waals surface area contributed by atoms with Gasteiger partial charge in [0, 0.05) is 12.1 Å². The molecule has 0 bridgehead atoms. The number of ether oxygens (including phenoxy) is 1. The number of carbonyl (C=O) groups excluding carboxylic acids is 1. The molecular formula is C15H19F3N2O3. The lowest BCUT2D eigenvalue weighted by Gasteiger charge is -2.38. The molecule has 0 heterocycles. The van der Waals surface area contributed by atoms with E-state index in [4.69, 9.17) is 9.84 Å². The Hall–Kier alpha value is -1.80. The highest BCUT2D eigenvalue weighted by Crippen LogP contribution is 2.25. The number of amides is 1. The maximum absolute atomic E-state index is 12.5. The Kier molecular flexibility index (Phi) is 5.84. The van der Waals surface area contributed by atoms with E-state index in [9.17, 15) is 18.0 Å². The molecule has 8 heteroatoms. The Morgan fingerprint density at radius 1 is 1.26 bits per heavy atom. The first-order valence-corrected chi connectivity index (χ1v) is 7.29. The zero-order valence-electron chi connectivity index (χ0n) is 12.3. The van der Waals surface area contributed by atoms with Crippen molar-refractivity contribution in [1.82, 2.24) is 10.6 Å². The highest BCUT2D eigenvalue weighted by atomic mass is 19.4. The zero-order valence-corrected chi connectivity index (χ0v) is 12.3. The van der Waals surface area contributed by atoms with E-state index < -0.39 is 24.9 Å². The van der Waals surface area contributed by atoms with Crippen molar-refractivity contribution in [2.75, 3.05) is 6.61 Å². The fraction of sp³-hybridized carbons (Fsp3) is 0.533. The van der Waals surface area contributed by atoms with Crippen molar-refractivity contribution in [3.05, 3.63) is 35.9 Å². The largest absolute Gasteiger partial charge is 0.445 e. The highest BCUT2D eigenvalue weighted by molar-refractivity contribution is 5.67. The molecule has 1 aromatic carbocycles. The number of benzene rings is 1. The molecule has 1 aliphatic carbocycles. The van der Waals surface area contributed by atoms with E-state index in [-0.39, 0.29) is 18.7 Å². The van der Waals surface area contributed by atoms with Gasteiger partial charge in [0.2, 0.25) is 0 Å². The van der Waals surface area contributed by atoms with E-state index in [2.05, 4.69) is 10.6 Å². The van der Waals surface area contributed by atoms with Gasteiger partial charge in [0.25, 0.3) is 0 Å². The summed E-state index contributed by atoms with van der Waals surface area (Å²) in [6, 6.07) is 6.63. The average molecular weight is 332 g/mol. The standard InChI is InChI=1S/C15H19F3N2O3/c16-15(17,18)13(8-21)19-11-6-12(7-11)20-14(22)23-9-10-4-2-1-3-5-10/h1-5,11-13,19,21H,6-9H2,(H,20,22)/t11?,12?,13-/m1/s1. The summed E-state index contributed by atoms with van der Waals surface area (Å²) in [5.41, 5.74) is 0.853. The third-order valence-electron chi connectivity index (χ3n) is 3.69. The first-order chi connectivity index (χ1) is 10.9. The van der Waals surface area contributed by atoms with E-state index in [1.54, 1.807) is 0 Å². The first-order valence-electron chi connectivity index (χ1n) is 7.29. The molecule has 0 unspecified atom stereocenters. The molecule has 0 spiro atoms. The van der Waals surface area contributed by atoms with Gasteiger partial charge in [0.15, 0.2) is 0 Å². The van der Waals surface area contributed by atoms with Gasteiger partial charge < -0.3 is 20.5 Å². The summed E-state index contributed by atoms with van der Waals surface area (Å²) < 4.78 is 42.5. The number of rotatable bonds is 6. The molecule has 1 amide bonds. The summed E-state index contributed by atoms with van der Waals surface area (Å²) >= 11 is 0. The highest BCUT2D eigenvalue weighted by Gasteiger charge is 2.42. The van der Waals surface area contributed by atoms with Crippen LogP contribution < -0.4 is 10.6 Å². The summed E-state index contributed by atoms with van der Waals surface area (Å²) in [4.78, 5) is 11.6. The predicted octanol–water partition coefficient (Wildman–Crippen LogP) is 1.96. The summed E-state index contributed by atoms with van der Waals surface area (Å²) in [6.45, 7) is -0.862. The minimum Gasteiger partial charge on any atom is -0.445 e. The fourth-order valence-electron chi connectivity index (χ4n) is 2.34. The molecular weight excluding hydrogens is 313 g/mol. The number of aliphatic hydroxyl groups is 1. The molecule has 1 aromatic rings. The predicted molar refractivity (Wildman–Crippen MR) is 76.6 cm³/mol. The van der Waals surface area contributed by atoms with Crippen molar-refractivity contribution in [1.29, 1.82) is 0 Å². The van der Waals surface area contributed by atoms with Gasteiger partial charge in [-0.1, -0.05) is 30.3 Å². The summed E-state index contributed by atoms with van der Waals surface area (Å²) in [5, 5.41) is 13.7. The molecule has 0 aromatic heterocycles. The van der Waals surface area contributed by atoms with Crippen LogP contribution in [0, 0.1) is 0 Å². The first kappa shape index (κ1) is 17.6. The van der Waals surface area contributed by atoms with Crippen LogP contribution in [0.5, 0.6) is 0 Å². The molecule has 128 valence electrons. The second-order valence-corrected chi connectivity index (χ2v) is 5.51. The second-order valence-electron chi connectivity index (χ2n) is 5.51. The van der Waals surface area contributed by atoms with Gasteiger partial charge in [0.1, 0.15) is 12.6 Å². The topological polar surface area (TPSA) is 70.6 Å². The number of alkyl carbamates (subject to hydrolysis) is 1. The fourth-order valence-corrected chi connectivity index (χ4v) is 2.34. The van der Waals surface area contributed by atoms with E-state index in [1.165, 1.54) is 0 Å². The van der Waals surface area contributed by atoms with Crippen molar-refractivity contribution in [2.45, 2.75) is 43.8 Å². The number of halogens is 3. The van der Waals surface area contributed by atoms with Crippen molar-refractivity contribution >= 4 is 6.09 Å². The van der Waals surface area contributed by atoms with E-state index in [0.717, 1.165) is 5.56 Å². The van der Waals surface area contributed by atoms with Gasteiger partial charge in [-0.3, -0.25) is 0 Å². The van der Waals surface area contributed by atoms with Crippen molar-refractivity contribution in [3.8, 4) is 0 Å². The van der Waals surface area contributed by atoms with E-state index in [0.29, 0.717) is 12.8 Å². The lowest BCUT2D eigenvalue weighted by Crippen LogP contribution is -2.58. The van der Waals surface area contributed by atoms with Crippen LogP contribution in [0.4, 0.5) is 18.0 Å². The lowest BCUT2D eigenvalue weighted by atomic mass is 9.86. The van der Waals surface area contributed by atoms with Crippen molar-refractivity contribution in [3.63, 3.8) is 0 Å². The Bertz CT molecular complexity index is 504. The number of nitrogens with one attached hydrogen (secondary N) is 2. The van der Waals surface area contributed by atoms with Crippen LogP contribution in [0.3, 0.4) is 0 Å². The Morgan fingerprint density at radius 3 is 2.48 bits per heavy atom. The molecule has 5 nitrogen and oxygen atoms in total. The minimum atomic E-state index is -4.48. The number of hydrogen-bond acceptors (Lipinski definition) is 4. The van der Waals surface area contributed by atoms with Crippen LogP contribution in [-0.4, -0.2) is 42.1 Å². The Morgan fingerprint density at radius 2 is 1.91 bits per heavy atom. The molecule has 0 aliphatic heterocycles. The molecule has 2 rings (SSSR count). The van der Waals surface area contributed by atoms with Gasteiger partial charge in [-0.25, -0.2) is 4.79 Å². The Balaban J connectivity index is 1.64. The summed E-state index contributed by atoms with van der Waals surface area (Å²) in [6.07, 6.45) is -4.34. The monoisotopic (exact) mass is 332 g/mol. The van der Waals surface area contributed by atoms with Crippen LogP contribution >= 0.6 is 0 Å². The van der Waals surface area contributed by atoms with Gasteiger partial charge >= 0.3 is 12.3 Å². The summed E-state index contributed by atoms with van der Waals surface area (Å²) in [5.74, 6) is 0. The molecule has 1 aliphatic rings. The third-order valence-corrected chi connectivity index (χ3v) is 3.69. The van der Waals surface area contributed by atoms with Crippen molar-refractivity contribution < 1.29 is 27.8 Å². The smallest absolute Gasteiger partial charge is 0.407 e. The van der Waals surface area contributed by atoms with Crippen LogP contribution in [0.25, 0.3) is 0 Å². The molecule has 0 radical (unpaired) electrons. The zero-order chi connectivity index (χ0) is 16.9. The molecule has 1 fully saturated rings. The molecule has 23 heavy (non-hydrogen) atoms. The molecule has 0 saturated heterocycles. The lowest BCUT2D eigenvalue weighted by molar-refractivity contribution is -0.167. The maximum atomic E-state index is 12.5. The maximum Gasteiger partial charge on any atom is 0.407 e. The van der Waals surface area contributed by atoms with Crippen molar-refractivity contribution in [2.24, 2.45) is 0 Å². The Labute approximate surface area is 131 Å². The SMILES string of the molecule is O=C(NC1CC(N[C@H](CO)C(F)(F)F)C1)OCc1ccccc1. The molecule has 3 N–H and O–H groups in total. The number of carbonyl (C=O) groups is 1. The molecule has 1 atom stereocenters. The van der Waals surface area contributed by atoms with Gasteiger partial charge in [0.05, 0.1) is 6.61 Å². The third kappa shape index (κ3) is 5.40. The van der Waals surface area contributed by atoms with Gasteiger partial charge in [-0.2, -0.15) is 13.2 Å². The van der Waals surface area contributed by atoms with Gasteiger partial charge in [-0.05, 0) is 18.4 Å². The van der Waals surface area contributed by atoms with Crippen LogP contribution in [0.15, 0.2) is 30.3 Å². The summed E-state index contributed by atoms with van der Waals surface area (Å²) in [7, 11) is 0. The number of aliphatic hydroxyl groups excluding tert-OH is 1. The quantitative estimate of drug-likeness (QED) is 0.745. The van der Waals surface area contributed by atoms with E-state index in [1.807, 2.05) is 30.3 Å². The second kappa shape index (κ2) is 7.65. The van der Waals surface area contributed by atoms with Crippen LogP contribution in [0.2, 0.25) is 0 Å². The van der Waals surface area contributed by atoms with Crippen LogP contribution in [-0.2, 0) is 11.3 Å². The van der Waals surface area contributed by atoms with Gasteiger partial charge in [-0.15, -0.1) is 0 Å². The number of alkyl halides is 3.